The fraction of sp³-hybridized carbons (Fsp3) is 0.571. The molecule has 1 atom stereocenters. The maximum absolute atomic E-state index is 10.6. The van der Waals surface area contributed by atoms with E-state index in [2.05, 4.69) is 15.0 Å². The first kappa shape index (κ1) is 15.4. The molecule has 2 aromatic heterocycles. The van der Waals surface area contributed by atoms with Gasteiger partial charge >= 0.3 is 0 Å². The summed E-state index contributed by atoms with van der Waals surface area (Å²) in [6.07, 6.45) is 5.36. The van der Waals surface area contributed by atoms with E-state index in [0.717, 1.165) is 24.8 Å². The first-order valence-corrected chi connectivity index (χ1v) is 7.16. The van der Waals surface area contributed by atoms with Crippen LogP contribution in [0.4, 0.5) is 0 Å². The molecule has 0 aliphatic carbocycles. The van der Waals surface area contributed by atoms with Gasteiger partial charge in [-0.05, 0) is 19.4 Å². The second-order valence-corrected chi connectivity index (χ2v) is 4.80. The Balaban J connectivity index is 2.49. The predicted molar refractivity (Wildman–Crippen MR) is 79.3 cm³/mol. The molecule has 2 N–H and O–H groups in total. The topological polar surface area (TPSA) is 95.9 Å². The van der Waals surface area contributed by atoms with E-state index in [9.17, 15) is 4.79 Å². The van der Waals surface area contributed by atoms with E-state index >= 15 is 0 Å². The van der Waals surface area contributed by atoms with Gasteiger partial charge in [-0.1, -0.05) is 6.92 Å². The molecular formula is C14H21N5O2. The van der Waals surface area contributed by atoms with Crippen LogP contribution in [0.15, 0.2) is 6.33 Å². The van der Waals surface area contributed by atoms with E-state index in [1.165, 1.54) is 0 Å². The number of carbonyl (C=O) groups excluding carboxylic acids is 1. The molecule has 0 radical (unpaired) electrons. The van der Waals surface area contributed by atoms with Crippen LogP contribution in [-0.4, -0.2) is 39.5 Å². The third-order valence-electron chi connectivity index (χ3n) is 3.46. The Morgan fingerprint density at radius 1 is 1.43 bits per heavy atom. The summed E-state index contributed by atoms with van der Waals surface area (Å²) < 4.78 is 7.28. The number of rotatable bonds is 8. The van der Waals surface area contributed by atoms with E-state index in [0.29, 0.717) is 36.6 Å². The molecular weight excluding hydrogens is 270 g/mol. The summed E-state index contributed by atoms with van der Waals surface area (Å²) in [4.78, 5) is 23.9. The normalized spacial score (nSPS) is 12.5. The summed E-state index contributed by atoms with van der Waals surface area (Å²) >= 11 is 0. The molecule has 0 amide bonds. The van der Waals surface area contributed by atoms with Gasteiger partial charge in [-0.25, -0.2) is 9.97 Å². The van der Waals surface area contributed by atoms with Gasteiger partial charge in [-0.3, -0.25) is 0 Å². The molecule has 2 aromatic rings. The molecule has 0 aromatic carbocycles. The number of methoxy groups -OCH3 is 1. The maximum Gasteiger partial charge on any atom is 0.245 e. The summed E-state index contributed by atoms with van der Waals surface area (Å²) in [7, 11) is 1.57. The summed E-state index contributed by atoms with van der Waals surface area (Å²) in [6.45, 7) is 2.54. The van der Waals surface area contributed by atoms with Crippen molar-refractivity contribution in [3.05, 3.63) is 12.2 Å². The van der Waals surface area contributed by atoms with Crippen molar-refractivity contribution in [3.8, 4) is 5.88 Å². The number of nitrogens with two attached hydrogens (primary N) is 1. The smallest absolute Gasteiger partial charge is 0.245 e. The van der Waals surface area contributed by atoms with E-state index in [-0.39, 0.29) is 6.04 Å². The molecule has 7 nitrogen and oxygen atoms in total. The zero-order valence-electron chi connectivity index (χ0n) is 12.5. The molecule has 0 aliphatic rings. The average Bonchev–Trinajstić information content (AvgIpc) is 2.94. The molecule has 0 bridgehead atoms. The van der Waals surface area contributed by atoms with Crippen LogP contribution in [0.5, 0.6) is 5.88 Å². The van der Waals surface area contributed by atoms with Crippen LogP contribution in [0, 0.1) is 0 Å². The van der Waals surface area contributed by atoms with E-state index in [4.69, 9.17) is 10.5 Å². The molecule has 0 saturated carbocycles. The lowest BCUT2D eigenvalue weighted by atomic mass is 10.1. The average molecular weight is 291 g/mol. The number of aldehydes is 1. The Morgan fingerprint density at radius 3 is 2.86 bits per heavy atom. The van der Waals surface area contributed by atoms with Crippen molar-refractivity contribution in [2.45, 2.75) is 38.6 Å². The number of imidazole rings is 1. The fourth-order valence-electron chi connectivity index (χ4n) is 2.38. The van der Waals surface area contributed by atoms with Crippen LogP contribution in [0.2, 0.25) is 0 Å². The number of aromatic nitrogens is 4. The van der Waals surface area contributed by atoms with Crippen LogP contribution < -0.4 is 10.5 Å². The van der Waals surface area contributed by atoms with Crippen molar-refractivity contribution >= 4 is 17.5 Å². The fourth-order valence-corrected chi connectivity index (χ4v) is 2.38. The summed E-state index contributed by atoms with van der Waals surface area (Å²) in [5, 5.41) is 0. The standard InChI is InChI=1S/C14H21N5O2/c1-3-11-17-13-12(14(18-11)21-2)16-9-19(13)10(6-7-15)5-4-8-20/h8-10H,3-7,15H2,1-2H3. The molecule has 0 spiro atoms. The maximum atomic E-state index is 10.6. The first-order chi connectivity index (χ1) is 10.2. The largest absolute Gasteiger partial charge is 0.479 e. The molecule has 21 heavy (non-hydrogen) atoms. The Hall–Kier alpha value is -2.02. The minimum absolute atomic E-state index is 0.106. The Bertz CT molecular complexity index is 611. The molecule has 0 saturated heterocycles. The van der Waals surface area contributed by atoms with Gasteiger partial charge in [0.2, 0.25) is 5.88 Å². The van der Waals surface area contributed by atoms with Crippen LogP contribution in [0.1, 0.15) is 38.1 Å². The Kier molecular flexibility index (Phi) is 5.21. The number of carbonyl (C=O) groups is 1. The highest BCUT2D eigenvalue weighted by Crippen LogP contribution is 2.26. The molecule has 2 heterocycles. The van der Waals surface area contributed by atoms with Gasteiger partial charge in [0.15, 0.2) is 11.2 Å². The molecule has 0 fully saturated rings. The molecule has 1 unspecified atom stereocenters. The number of hydrogen-bond acceptors (Lipinski definition) is 6. The second kappa shape index (κ2) is 7.12. The zero-order valence-corrected chi connectivity index (χ0v) is 12.5. The first-order valence-electron chi connectivity index (χ1n) is 7.16. The Morgan fingerprint density at radius 2 is 2.24 bits per heavy atom. The lowest BCUT2D eigenvalue weighted by Crippen LogP contribution is -2.14. The summed E-state index contributed by atoms with van der Waals surface area (Å²) in [5.74, 6) is 1.19. The van der Waals surface area contributed by atoms with Gasteiger partial charge in [-0.15, -0.1) is 0 Å². The molecule has 114 valence electrons. The molecule has 7 heteroatoms. The summed E-state index contributed by atoms with van der Waals surface area (Å²) in [5.41, 5.74) is 7.06. The van der Waals surface area contributed by atoms with Crippen molar-refractivity contribution in [1.29, 1.82) is 0 Å². The van der Waals surface area contributed by atoms with Crippen molar-refractivity contribution in [3.63, 3.8) is 0 Å². The highest BCUT2D eigenvalue weighted by molar-refractivity contribution is 5.76. The number of fused-ring (bicyclic) bond motifs is 1. The van der Waals surface area contributed by atoms with Crippen LogP contribution in [0.3, 0.4) is 0 Å². The van der Waals surface area contributed by atoms with Crippen molar-refractivity contribution in [2.24, 2.45) is 5.73 Å². The third kappa shape index (κ3) is 3.18. The van der Waals surface area contributed by atoms with Crippen molar-refractivity contribution in [1.82, 2.24) is 19.5 Å². The lowest BCUT2D eigenvalue weighted by Gasteiger charge is -2.17. The Labute approximate surface area is 123 Å². The number of aryl methyl sites for hydroxylation is 1. The van der Waals surface area contributed by atoms with Gasteiger partial charge in [0.25, 0.3) is 0 Å². The van der Waals surface area contributed by atoms with Gasteiger partial charge in [0, 0.05) is 18.9 Å². The van der Waals surface area contributed by atoms with Gasteiger partial charge in [0.05, 0.1) is 13.4 Å². The second-order valence-electron chi connectivity index (χ2n) is 4.80. The monoisotopic (exact) mass is 291 g/mol. The highest BCUT2D eigenvalue weighted by atomic mass is 16.5. The number of ether oxygens (including phenoxy) is 1. The highest BCUT2D eigenvalue weighted by Gasteiger charge is 2.18. The minimum atomic E-state index is 0.106. The SMILES string of the molecule is CCc1nc(OC)c2ncn(C(CCN)CCC=O)c2n1. The lowest BCUT2D eigenvalue weighted by molar-refractivity contribution is -0.108. The van der Waals surface area contributed by atoms with Crippen LogP contribution in [-0.2, 0) is 11.2 Å². The van der Waals surface area contributed by atoms with Gasteiger partial charge < -0.3 is 19.8 Å². The minimum Gasteiger partial charge on any atom is -0.479 e. The zero-order chi connectivity index (χ0) is 15.2. The van der Waals surface area contributed by atoms with E-state index < -0.39 is 0 Å². The number of hydrogen-bond donors (Lipinski definition) is 1. The summed E-state index contributed by atoms with van der Waals surface area (Å²) in [6, 6.07) is 0.106. The quantitative estimate of drug-likeness (QED) is 0.736. The van der Waals surface area contributed by atoms with E-state index in [1.54, 1.807) is 13.4 Å². The van der Waals surface area contributed by atoms with Crippen LogP contribution >= 0.6 is 0 Å². The molecule has 0 aliphatic heterocycles. The van der Waals surface area contributed by atoms with E-state index in [1.807, 2.05) is 11.5 Å². The molecule has 2 rings (SSSR count). The van der Waals surface area contributed by atoms with Crippen LogP contribution in [0.25, 0.3) is 11.2 Å². The number of nitrogens with zero attached hydrogens (tertiary/aromatic N) is 4. The third-order valence-corrected chi connectivity index (χ3v) is 3.46. The van der Waals surface area contributed by atoms with Gasteiger partial charge in [0.1, 0.15) is 12.1 Å². The van der Waals surface area contributed by atoms with Crippen molar-refractivity contribution in [2.75, 3.05) is 13.7 Å². The van der Waals surface area contributed by atoms with Gasteiger partial charge in [-0.2, -0.15) is 4.98 Å². The predicted octanol–water partition coefficient (Wildman–Crippen LogP) is 1.27. The van der Waals surface area contributed by atoms with Crippen molar-refractivity contribution < 1.29 is 9.53 Å².